The van der Waals surface area contributed by atoms with Crippen molar-refractivity contribution >= 4 is 5.69 Å². The summed E-state index contributed by atoms with van der Waals surface area (Å²) in [5.74, 6) is 1.16. The second kappa shape index (κ2) is 5.16. The minimum absolute atomic E-state index is 0.180. The summed E-state index contributed by atoms with van der Waals surface area (Å²) in [6.45, 7) is 4.26. The molecule has 1 aliphatic heterocycles. The van der Waals surface area contributed by atoms with E-state index in [1.807, 2.05) is 12.1 Å². The zero-order valence-electron chi connectivity index (χ0n) is 9.65. The van der Waals surface area contributed by atoms with Crippen LogP contribution in [0.3, 0.4) is 0 Å². The molecule has 1 aromatic heterocycles. The van der Waals surface area contributed by atoms with E-state index >= 15 is 0 Å². The van der Waals surface area contributed by atoms with Crippen LogP contribution in [0.1, 0.15) is 19.8 Å². The van der Waals surface area contributed by atoms with Gasteiger partial charge in [0.2, 0.25) is 5.88 Å². The van der Waals surface area contributed by atoms with Crippen LogP contribution in [-0.2, 0) is 0 Å². The van der Waals surface area contributed by atoms with Gasteiger partial charge in [-0.1, -0.05) is 0 Å². The first-order valence-electron chi connectivity index (χ1n) is 5.85. The van der Waals surface area contributed by atoms with Gasteiger partial charge in [-0.25, -0.2) is 4.98 Å². The summed E-state index contributed by atoms with van der Waals surface area (Å²) in [6.07, 6.45) is 4.21. The summed E-state index contributed by atoms with van der Waals surface area (Å²) in [5.41, 5.74) is 6.41. The molecule has 4 heteroatoms. The molecule has 4 nitrogen and oxygen atoms in total. The van der Waals surface area contributed by atoms with Gasteiger partial charge in [-0.05, 0) is 50.9 Å². The highest BCUT2D eigenvalue weighted by Gasteiger charge is 2.21. The maximum absolute atomic E-state index is 5.82. The third kappa shape index (κ3) is 2.64. The highest BCUT2D eigenvalue weighted by molar-refractivity contribution is 5.46. The average molecular weight is 221 g/mol. The van der Waals surface area contributed by atoms with Crippen LogP contribution in [0.5, 0.6) is 5.88 Å². The number of nitrogens with one attached hydrogen (secondary N) is 1. The van der Waals surface area contributed by atoms with Gasteiger partial charge in [0.25, 0.3) is 0 Å². The first-order valence-corrected chi connectivity index (χ1v) is 5.85. The van der Waals surface area contributed by atoms with Crippen molar-refractivity contribution in [1.82, 2.24) is 10.3 Å². The summed E-state index contributed by atoms with van der Waals surface area (Å²) >= 11 is 0. The van der Waals surface area contributed by atoms with E-state index in [1.165, 1.54) is 0 Å². The van der Waals surface area contributed by atoms with E-state index in [0.29, 0.717) is 17.5 Å². The molecule has 2 rings (SSSR count). The van der Waals surface area contributed by atoms with Gasteiger partial charge in [-0.15, -0.1) is 0 Å². The molecule has 0 amide bonds. The summed E-state index contributed by atoms with van der Waals surface area (Å²) in [4.78, 5) is 4.15. The van der Waals surface area contributed by atoms with Crippen LogP contribution >= 0.6 is 0 Å². The molecule has 0 bridgehead atoms. The molecule has 0 radical (unpaired) electrons. The van der Waals surface area contributed by atoms with Crippen LogP contribution in [0.2, 0.25) is 0 Å². The lowest BCUT2D eigenvalue weighted by Crippen LogP contribution is -2.35. The minimum Gasteiger partial charge on any atom is -0.473 e. The smallest absolute Gasteiger partial charge is 0.237 e. The third-order valence-electron chi connectivity index (χ3n) is 3.15. The molecule has 2 heterocycles. The SMILES string of the molecule is CC(Oc1ncccc1N)C1CCNCC1. The summed E-state index contributed by atoms with van der Waals surface area (Å²) in [6, 6.07) is 3.63. The van der Waals surface area contributed by atoms with E-state index in [-0.39, 0.29) is 6.10 Å². The van der Waals surface area contributed by atoms with Crippen LogP contribution in [0.15, 0.2) is 18.3 Å². The number of anilines is 1. The number of hydrogen-bond acceptors (Lipinski definition) is 4. The lowest BCUT2D eigenvalue weighted by atomic mass is 9.93. The Morgan fingerprint density at radius 2 is 2.25 bits per heavy atom. The molecular formula is C12H19N3O. The largest absolute Gasteiger partial charge is 0.473 e. The monoisotopic (exact) mass is 221 g/mol. The number of aromatic nitrogens is 1. The van der Waals surface area contributed by atoms with E-state index in [2.05, 4.69) is 17.2 Å². The lowest BCUT2D eigenvalue weighted by Gasteiger charge is -2.28. The molecule has 0 saturated carbocycles. The van der Waals surface area contributed by atoms with Gasteiger partial charge in [-0.2, -0.15) is 0 Å². The molecule has 1 aliphatic rings. The van der Waals surface area contributed by atoms with E-state index in [1.54, 1.807) is 6.20 Å². The Morgan fingerprint density at radius 3 is 2.94 bits per heavy atom. The predicted octanol–water partition coefficient (Wildman–Crippen LogP) is 1.43. The Kier molecular flexibility index (Phi) is 3.62. The van der Waals surface area contributed by atoms with E-state index in [4.69, 9.17) is 10.5 Å². The number of nitrogens with two attached hydrogens (primary N) is 1. The molecule has 0 aliphatic carbocycles. The average Bonchev–Trinajstić information content (AvgIpc) is 2.33. The second-order valence-corrected chi connectivity index (χ2v) is 4.31. The molecule has 3 N–H and O–H groups in total. The molecule has 1 fully saturated rings. The van der Waals surface area contributed by atoms with Crippen molar-refractivity contribution in [1.29, 1.82) is 0 Å². The second-order valence-electron chi connectivity index (χ2n) is 4.31. The molecule has 1 atom stereocenters. The van der Waals surface area contributed by atoms with Crippen molar-refractivity contribution in [3.8, 4) is 5.88 Å². The van der Waals surface area contributed by atoms with Gasteiger partial charge in [0.05, 0.1) is 5.69 Å². The van der Waals surface area contributed by atoms with Crippen molar-refractivity contribution < 1.29 is 4.74 Å². The summed E-state index contributed by atoms with van der Waals surface area (Å²) < 4.78 is 5.82. The van der Waals surface area contributed by atoms with E-state index < -0.39 is 0 Å². The first kappa shape index (κ1) is 11.2. The predicted molar refractivity (Wildman–Crippen MR) is 64.3 cm³/mol. The number of rotatable bonds is 3. The van der Waals surface area contributed by atoms with Gasteiger partial charge < -0.3 is 15.8 Å². The fourth-order valence-corrected chi connectivity index (χ4v) is 2.09. The first-order chi connectivity index (χ1) is 7.77. The van der Waals surface area contributed by atoms with Crippen LogP contribution in [0.4, 0.5) is 5.69 Å². The number of piperidine rings is 1. The fourth-order valence-electron chi connectivity index (χ4n) is 2.09. The van der Waals surface area contributed by atoms with Crippen LogP contribution in [0.25, 0.3) is 0 Å². The van der Waals surface area contributed by atoms with Crippen LogP contribution < -0.4 is 15.8 Å². The van der Waals surface area contributed by atoms with Gasteiger partial charge in [0.1, 0.15) is 6.10 Å². The molecule has 1 unspecified atom stereocenters. The van der Waals surface area contributed by atoms with Gasteiger partial charge in [-0.3, -0.25) is 0 Å². The molecule has 16 heavy (non-hydrogen) atoms. The Hall–Kier alpha value is -1.29. The Balaban J connectivity index is 1.96. The lowest BCUT2D eigenvalue weighted by molar-refractivity contribution is 0.124. The summed E-state index contributed by atoms with van der Waals surface area (Å²) in [7, 11) is 0. The van der Waals surface area contributed by atoms with Crippen LogP contribution in [0, 0.1) is 5.92 Å². The topological polar surface area (TPSA) is 60.2 Å². The molecule has 0 spiro atoms. The molecule has 1 saturated heterocycles. The zero-order chi connectivity index (χ0) is 11.4. The van der Waals surface area contributed by atoms with Crippen molar-refractivity contribution in [3.05, 3.63) is 18.3 Å². The number of nitrogen functional groups attached to an aromatic ring is 1. The van der Waals surface area contributed by atoms with Gasteiger partial charge in [0, 0.05) is 6.20 Å². The number of hydrogen-bond donors (Lipinski definition) is 2. The van der Waals surface area contributed by atoms with E-state index in [9.17, 15) is 0 Å². The molecule has 88 valence electrons. The fraction of sp³-hybridized carbons (Fsp3) is 0.583. The summed E-state index contributed by atoms with van der Waals surface area (Å²) in [5, 5.41) is 3.35. The highest BCUT2D eigenvalue weighted by atomic mass is 16.5. The van der Waals surface area contributed by atoms with Crippen molar-refractivity contribution in [3.63, 3.8) is 0 Å². The Bertz CT molecular complexity index is 337. The minimum atomic E-state index is 0.180. The highest BCUT2D eigenvalue weighted by Crippen LogP contribution is 2.23. The molecule has 1 aromatic rings. The van der Waals surface area contributed by atoms with Gasteiger partial charge >= 0.3 is 0 Å². The molecule has 0 aromatic carbocycles. The zero-order valence-corrected chi connectivity index (χ0v) is 9.65. The normalized spacial score (nSPS) is 19.3. The van der Waals surface area contributed by atoms with Gasteiger partial charge in [0.15, 0.2) is 0 Å². The van der Waals surface area contributed by atoms with E-state index in [0.717, 1.165) is 25.9 Å². The van der Waals surface area contributed by atoms with Crippen molar-refractivity contribution in [2.75, 3.05) is 18.8 Å². The number of ether oxygens (including phenoxy) is 1. The Morgan fingerprint density at radius 1 is 1.50 bits per heavy atom. The quantitative estimate of drug-likeness (QED) is 0.810. The molecular weight excluding hydrogens is 202 g/mol. The number of pyridine rings is 1. The standard InChI is InChI=1S/C12H19N3O/c1-9(10-4-7-14-8-5-10)16-12-11(13)3-2-6-15-12/h2-3,6,9-10,14H,4-5,7-8,13H2,1H3. The maximum atomic E-state index is 5.82. The number of nitrogens with zero attached hydrogens (tertiary/aromatic N) is 1. The maximum Gasteiger partial charge on any atom is 0.237 e. The Labute approximate surface area is 96.2 Å². The van der Waals surface area contributed by atoms with Crippen LogP contribution in [-0.4, -0.2) is 24.2 Å². The van der Waals surface area contributed by atoms with Crippen molar-refractivity contribution in [2.45, 2.75) is 25.9 Å². The third-order valence-corrected chi connectivity index (χ3v) is 3.15. The van der Waals surface area contributed by atoms with Crippen molar-refractivity contribution in [2.24, 2.45) is 5.92 Å².